The second-order valence-corrected chi connectivity index (χ2v) is 7.34. The van der Waals surface area contributed by atoms with Gasteiger partial charge >= 0.3 is 0 Å². The van der Waals surface area contributed by atoms with E-state index in [1.165, 1.54) is 16.4 Å². The highest BCUT2D eigenvalue weighted by atomic mass is 32.2. The van der Waals surface area contributed by atoms with Crippen molar-refractivity contribution in [2.24, 2.45) is 0 Å². The second kappa shape index (κ2) is 10.3. The average Bonchev–Trinajstić information content (AvgIpc) is 2.58. The van der Waals surface area contributed by atoms with E-state index in [0.717, 1.165) is 19.3 Å². The van der Waals surface area contributed by atoms with Crippen LogP contribution >= 0.6 is 0 Å². The van der Waals surface area contributed by atoms with Crippen LogP contribution in [0.5, 0.6) is 5.75 Å². The van der Waals surface area contributed by atoms with Crippen molar-refractivity contribution in [1.82, 2.24) is 9.62 Å². The van der Waals surface area contributed by atoms with E-state index in [9.17, 15) is 13.2 Å². The predicted octanol–water partition coefficient (Wildman–Crippen LogP) is 2.40. The lowest BCUT2D eigenvalue weighted by atomic mass is 10.2. The number of carbonyl (C=O) groups is 1. The Hall–Kier alpha value is -1.60. The number of nitrogens with zero attached hydrogens (tertiary/aromatic N) is 1. The smallest absolute Gasteiger partial charge is 0.257 e. The topological polar surface area (TPSA) is 75.7 Å². The van der Waals surface area contributed by atoms with Crippen LogP contribution in [0.3, 0.4) is 0 Å². The van der Waals surface area contributed by atoms with E-state index in [0.29, 0.717) is 25.4 Å². The first-order valence-corrected chi connectivity index (χ1v) is 9.89. The molecule has 0 unspecified atom stereocenters. The summed E-state index contributed by atoms with van der Waals surface area (Å²) in [6, 6.07) is 6.14. The third-order valence-electron chi connectivity index (χ3n) is 3.64. The molecule has 0 spiro atoms. The molecule has 0 aliphatic heterocycles. The van der Waals surface area contributed by atoms with Crippen LogP contribution in [0, 0.1) is 0 Å². The second-order valence-electron chi connectivity index (χ2n) is 5.41. The van der Waals surface area contributed by atoms with E-state index in [2.05, 4.69) is 12.2 Å². The molecule has 0 aliphatic carbocycles. The number of hydrogen-bond acceptors (Lipinski definition) is 4. The lowest BCUT2D eigenvalue weighted by Gasteiger charge is -2.18. The molecule has 0 saturated heterocycles. The van der Waals surface area contributed by atoms with Gasteiger partial charge in [0.2, 0.25) is 10.0 Å². The van der Waals surface area contributed by atoms with E-state index in [4.69, 9.17) is 4.74 Å². The van der Waals surface area contributed by atoms with Gasteiger partial charge < -0.3 is 10.1 Å². The third-order valence-corrected chi connectivity index (χ3v) is 5.70. The molecule has 1 aromatic rings. The maximum Gasteiger partial charge on any atom is 0.257 e. The Morgan fingerprint density at radius 3 is 2.25 bits per heavy atom. The molecule has 0 saturated carbocycles. The van der Waals surface area contributed by atoms with Gasteiger partial charge in [0.15, 0.2) is 6.61 Å². The van der Waals surface area contributed by atoms with Gasteiger partial charge in [-0.15, -0.1) is 0 Å². The number of unbranched alkanes of at least 4 members (excludes halogenated alkanes) is 2. The monoisotopic (exact) mass is 356 g/mol. The van der Waals surface area contributed by atoms with Crippen molar-refractivity contribution >= 4 is 15.9 Å². The van der Waals surface area contributed by atoms with Gasteiger partial charge in [-0.1, -0.05) is 33.6 Å². The van der Waals surface area contributed by atoms with Gasteiger partial charge in [-0.3, -0.25) is 4.79 Å². The molecule has 6 nitrogen and oxygen atoms in total. The van der Waals surface area contributed by atoms with E-state index in [1.807, 2.05) is 0 Å². The fraction of sp³-hybridized carbons (Fsp3) is 0.588. The maximum atomic E-state index is 12.4. The Bertz CT molecular complexity index is 596. The summed E-state index contributed by atoms with van der Waals surface area (Å²) in [5.41, 5.74) is 0. The number of ether oxygens (including phenoxy) is 1. The molecular weight excluding hydrogens is 328 g/mol. The number of hydrogen-bond donors (Lipinski definition) is 1. The van der Waals surface area contributed by atoms with Gasteiger partial charge in [-0.05, 0) is 30.7 Å². The highest BCUT2D eigenvalue weighted by Gasteiger charge is 2.21. The minimum atomic E-state index is -3.47. The quantitative estimate of drug-likeness (QED) is 0.618. The van der Waals surface area contributed by atoms with E-state index in [1.54, 1.807) is 26.0 Å². The Kier molecular flexibility index (Phi) is 8.78. The van der Waals surface area contributed by atoms with Crippen LogP contribution in [0.15, 0.2) is 29.2 Å². The first-order chi connectivity index (χ1) is 11.5. The minimum absolute atomic E-state index is 0.0751. The molecule has 1 N–H and O–H groups in total. The van der Waals surface area contributed by atoms with Crippen LogP contribution in [-0.2, 0) is 14.8 Å². The Balaban J connectivity index is 2.55. The summed E-state index contributed by atoms with van der Waals surface area (Å²) in [5.74, 6) is 0.295. The normalized spacial score (nSPS) is 11.5. The first-order valence-electron chi connectivity index (χ1n) is 8.45. The molecule has 0 aliphatic rings. The largest absolute Gasteiger partial charge is 0.484 e. The lowest BCUT2D eigenvalue weighted by Crippen LogP contribution is -2.30. The SMILES string of the molecule is CCCCCNC(=O)COc1ccc(S(=O)(=O)N(CC)CC)cc1. The highest BCUT2D eigenvalue weighted by molar-refractivity contribution is 7.89. The van der Waals surface area contributed by atoms with Crippen molar-refractivity contribution < 1.29 is 17.9 Å². The van der Waals surface area contributed by atoms with Crippen molar-refractivity contribution in [3.8, 4) is 5.75 Å². The van der Waals surface area contributed by atoms with Gasteiger partial charge in [0.1, 0.15) is 5.75 Å². The molecule has 24 heavy (non-hydrogen) atoms. The van der Waals surface area contributed by atoms with Crippen molar-refractivity contribution in [2.45, 2.75) is 44.9 Å². The fourth-order valence-corrected chi connectivity index (χ4v) is 3.68. The Labute approximate surface area is 145 Å². The molecule has 0 bridgehead atoms. The number of carbonyl (C=O) groups excluding carboxylic acids is 1. The Morgan fingerprint density at radius 1 is 1.08 bits per heavy atom. The van der Waals surface area contributed by atoms with Gasteiger partial charge in [0.05, 0.1) is 4.90 Å². The molecule has 1 amide bonds. The van der Waals surface area contributed by atoms with Crippen molar-refractivity contribution in [3.63, 3.8) is 0 Å². The zero-order valence-electron chi connectivity index (χ0n) is 14.7. The van der Waals surface area contributed by atoms with Crippen molar-refractivity contribution in [3.05, 3.63) is 24.3 Å². The number of sulfonamides is 1. The average molecular weight is 356 g/mol. The molecule has 0 radical (unpaired) electrons. The molecule has 1 rings (SSSR count). The maximum absolute atomic E-state index is 12.4. The molecule has 0 atom stereocenters. The van der Waals surface area contributed by atoms with Gasteiger partial charge in [0, 0.05) is 19.6 Å². The van der Waals surface area contributed by atoms with Crippen LogP contribution in [0.2, 0.25) is 0 Å². The molecule has 136 valence electrons. The summed E-state index contributed by atoms with van der Waals surface area (Å²) >= 11 is 0. The lowest BCUT2D eigenvalue weighted by molar-refractivity contribution is -0.123. The molecular formula is C17H28N2O4S. The van der Waals surface area contributed by atoms with Gasteiger partial charge in [-0.25, -0.2) is 8.42 Å². The van der Waals surface area contributed by atoms with Crippen LogP contribution in [0.1, 0.15) is 40.0 Å². The van der Waals surface area contributed by atoms with Crippen molar-refractivity contribution in [2.75, 3.05) is 26.2 Å². The molecule has 7 heteroatoms. The predicted molar refractivity (Wildman–Crippen MR) is 94.6 cm³/mol. The fourth-order valence-electron chi connectivity index (χ4n) is 2.22. The van der Waals surface area contributed by atoms with Crippen LogP contribution in [0.4, 0.5) is 0 Å². The third kappa shape index (κ3) is 6.13. The number of rotatable bonds is 11. The standard InChI is InChI=1S/C17H28N2O4S/c1-4-7-8-13-18-17(20)14-23-15-9-11-16(12-10-15)24(21,22)19(5-2)6-3/h9-12H,4-8,13-14H2,1-3H3,(H,18,20). The molecule has 0 heterocycles. The molecule has 1 aromatic carbocycles. The molecule has 0 fully saturated rings. The Morgan fingerprint density at radius 2 is 1.71 bits per heavy atom. The van der Waals surface area contributed by atoms with Crippen LogP contribution < -0.4 is 10.1 Å². The summed E-state index contributed by atoms with van der Waals surface area (Å²) in [6.07, 6.45) is 3.15. The molecule has 0 aromatic heterocycles. The minimum Gasteiger partial charge on any atom is -0.484 e. The summed E-state index contributed by atoms with van der Waals surface area (Å²) in [6.45, 7) is 7.14. The van der Waals surface area contributed by atoms with Crippen LogP contribution in [0.25, 0.3) is 0 Å². The van der Waals surface area contributed by atoms with Gasteiger partial charge in [0.25, 0.3) is 5.91 Å². The zero-order valence-corrected chi connectivity index (χ0v) is 15.6. The van der Waals surface area contributed by atoms with Crippen molar-refractivity contribution in [1.29, 1.82) is 0 Å². The summed E-state index contributed by atoms with van der Waals surface area (Å²) < 4.78 is 31.5. The number of benzene rings is 1. The zero-order chi connectivity index (χ0) is 18.0. The summed E-state index contributed by atoms with van der Waals surface area (Å²) in [4.78, 5) is 11.9. The summed E-state index contributed by atoms with van der Waals surface area (Å²) in [7, 11) is -3.47. The highest BCUT2D eigenvalue weighted by Crippen LogP contribution is 2.19. The number of amides is 1. The van der Waals surface area contributed by atoms with E-state index < -0.39 is 10.0 Å². The number of nitrogens with one attached hydrogen (secondary N) is 1. The van der Waals surface area contributed by atoms with E-state index in [-0.39, 0.29) is 17.4 Å². The summed E-state index contributed by atoms with van der Waals surface area (Å²) in [5, 5.41) is 2.79. The van der Waals surface area contributed by atoms with Gasteiger partial charge in [-0.2, -0.15) is 4.31 Å². The first kappa shape index (κ1) is 20.4. The van der Waals surface area contributed by atoms with E-state index >= 15 is 0 Å². The van der Waals surface area contributed by atoms with Crippen LogP contribution in [-0.4, -0.2) is 44.9 Å².